The second-order valence-electron chi connectivity index (χ2n) is 5.96. The van der Waals surface area contributed by atoms with Crippen molar-refractivity contribution in [3.8, 4) is 17.0 Å². The van der Waals surface area contributed by atoms with Crippen molar-refractivity contribution in [2.45, 2.75) is 40.0 Å². The van der Waals surface area contributed by atoms with E-state index in [9.17, 15) is 9.59 Å². The smallest absolute Gasteiger partial charge is 0.226 e. The fourth-order valence-electron chi connectivity index (χ4n) is 2.67. The van der Waals surface area contributed by atoms with Crippen LogP contribution in [0, 0.1) is 0 Å². The number of hydrogen-bond acceptors (Lipinski definition) is 5. The molecule has 2 rings (SSSR count). The van der Waals surface area contributed by atoms with Crippen LogP contribution in [-0.4, -0.2) is 41.4 Å². The highest BCUT2D eigenvalue weighted by atomic mass is 32.1. The average Bonchev–Trinajstić information content (AvgIpc) is 3.12. The molecule has 0 bridgehead atoms. The molecule has 0 unspecified atom stereocenters. The molecule has 1 N–H and O–H groups in total. The predicted octanol–water partition coefficient (Wildman–Crippen LogP) is 4.19. The number of ether oxygens (including phenoxy) is 1. The van der Waals surface area contributed by atoms with Gasteiger partial charge < -0.3 is 15.0 Å². The molecule has 27 heavy (non-hydrogen) atoms. The first-order valence-corrected chi connectivity index (χ1v) is 10.2. The molecule has 1 aromatic carbocycles. The van der Waals surface area contributed by atoms with Gasteiger partial charge in [0.05, 0.1) is 12.3 Å². The molecule has 0 atom stereocenters. The zero-order chi connectivity index (χ0) is 19.6. The van der Waals surface area contributed by atoms with Gasteiger partial charge in [-0.3, -0.25) is 9.59 Å². The normalized spacial score (nSPS) is 10.5. The van der Waals surface area contributed by atoms with Crippen LogP contribution in [0.2, 0.25) is 0 Å². The third kappa shape index (κ3) is 6.36. The summed E-state index contributed by atoms with van der Waals surface area (Å²) < 4.78 is 5.44. The Hall–Kier alpha value is -2.41. The van der Waals surface area contributed by atoms with E-state index in [4.69, 9.17) is 4.74 Å². The van der Waals surface area contributed by atoms with E-state index in [1.54, 1.807) is 4.90 Å². The van der Waals surface area contributed by atoms with Crippen LogP contribution in [0.3, 0.4) is 0 Å². The molecule has 0 saturated heterocycles. The fourth-order valence-corrected chi connectivity index (χ4v) is 3.40. The van der Waals surface area contributed by atoms with Crippen LogP contribution in [0.15, 0.2) is 29.6 Å². The molecule has 0 radical (unpaired) electrons. The fraction of sp³-hybridized carbons (Fsp3) is 0.450. The number of aromatic nitrogens is 1. The molecular weight excluding hydrogens is 362 g/mol. The van der Waals surface area contributed by atoms with Gasteiger partial charge in [0.2, 0.25) is 11.8 Å². The number of rotatable bonds is 10. The molecule has 0 fully saturated rings. The van der Waals surface area contributed by atoms with Gasteiger partial charge in [0.1, 0.15) is 5.75 Å². The van der Waals surface area contributed by atoms with Crippen molar-refractivity contribution in [3.05, 3.63) is 29.6 Å². The van der Waals surface area contributed by atoms with Crippen LogP contribution in [0.5, 0.6) is 5.75 Å². The van der Waals surface area contributed by atoms with Gasteiger partial charge in [-0.1, -0.05) is 0 Å². The topological polar surface area (TPSA) is 71.5 Å². The number of carbonyl (C=O) groups is 2. The van der Waals surface area contributed by atoms with Crippen LogP contribution < -0.4 is 10.1 Å². The van der Waals surface area contributed by atoms with Gasteiger partial charge in [-0.2, -0.15) is 0 Å². The van der Waals surface area contributed by atoms with Crippen molar-refractivity contribution in [2.24, 2.45) is 0 Å². The number of nitrogens with one attached hydrogen (secondary N) is 1. The third-order valence-corrected chi connectivity index (χ3v) is 4.88. The van der Waals surface area contributed by atoms with Crippen LogP contribution in [0.1, 0.15) is 40.0 Å². The van der Waals surface area contributed by atoms with Crippen molar-refractivity contribution < 1.29 is 14.3 Å². The monoisotopic (exact) mass is 389 g/mol. The van der Waals surface area contributed by atoms with Gasteiger partial charge >= 0.3 is 0 Å². The SMILES string of the molecule is CCOc1ccc(-c2csc(NC(=O)CCCC(=O)N(CC)CC)n2)cc1. The maximum atomic E-state index is 12.1. The lowest BCUT2D eigenvalue weighted by atomic mass is 10.2. The number of carbonyl (C=O) groups excluding carboxylic acids is 2. The molecule has 1 heterocycles. The Balaban J connectivity index is 1.82. The van der Waals surface area contributed by atoms with Gasteiger partial charge in [-0.25, -0.2) is 4.98 Å². The van der Waals surface area contributed by atoms with E-state index in [2.05, 4.69) is 10.3 Å². The molecule has 0 aliphatic carbocycles. The van der Waals surface area contributed by atoms with E-state index < -0.39 is 0 Å². The Bertz CT molecular complexity index is 739. The number of nitrogens with zero attached hydrogens (tertiary/aromatic N) is 2. The minimum absolute atomic E-state index is 0.0971. The van der Waals surface area contributed by atoms with E-state index in [1.807, 2.05) is 50.4 Å². The summed E-state index contributed by atoms with van der Waals surface area (Å²) in [5.41, 5.74) is 1.79. The van der Waals surface area contributed by atoms with Crippen LogP contribution in [-0.2, 0) is 9.59 Å². The van der Waals surface area contributed by atoms with Crippen molar-refractivity contribution in [2.75, 3.05) is 25.0 Å². The summed E-state index contributed by atoms with van der Waals surface area (Å²) in [6.45, 7) is 7.90. The summed E-state index contributed by atoms with van der Waals surface area (Å²) in [7, 11) is 0. The van der Waals surface area contributed by atoms with E-state index in [0.717, 1.165) is 17.0 Å². The summed E-state index contributed by atoms with van der Waals surface area (Å²) in [6.07, 6.45) is 1.24. The Morgan fingerprint density at radius 2 is 1.81 bits per heavy atom. The highest BCUT2D eigenvalue weighted by Gasteiger charge is 2.12. The summed E-state index contributed by atoms with van der Waals surface area (Å²) in [5, 5.41) is 5.29. The van der Waals surface area contributed by atoms with Gasteiger partial charge in [0.15, 0.2) is 5.13 Å². The Labute approximate surface area is 164 Å². The summed E-state index contributed by atoms with van der Waals surface area (Å²) in [4.78, 5) is 30.3. The van der Waals surface area contributed by atoms with Gasteiger partial charge in [0, 0.05) is 36.9 Å². The van der Waals surface area contributed by atoms with Crippen LogP contribution in [0.25, 0.3) is 11.3 Å². The second kappa shape index (κ2) is 10.7. The first-order valence-electron chi connectivity index (χ1n) is 9.33. The molecule has 1 aromatic heterocycles. The molecule has 0 aliphatic rings. The molecule has 0 saturated carbocycles. The van der Waals surface area contributed by atoms with Crippen LogP contribution in [0.4, 0.5) is 5.13 Å². The number of thiazole rings is 1. The summed E-state index contributed by atoms with van der Waals surface area (Å²) >= 11 is 1.39. The quantitative estimate of drug-likeness (QED) is 0.661. The highest BCUT2D eigenvalue weighted by molar-refractivity contribution is 7.14. The van der Waals surface area contributed by atoms with Crippen molar-refractivity contribution in [1.82, 2.24) is 9.88 Å². The Kier molecular flexibility index (Phi) is 8.26. The van der Waals surface area contributed by atoms with E-state index in [-0.39, 0.29) is 11.8 Å². The van der Waals surface area contributed by atoms with E-state index in [0.29, 0.717) is 44.1 Å². The Morgan fingerprint density at radius 1 is 1.11 bits per heavy atom. The number of anilines is 1. The molecule has 2 amide bonds. The molecule has 6 nitrogen and oxygen atoms in total. The maximum Gasteiger partial charge on any atom is 0.226 e. The van der Waals surface area contributed by atoms with Gasteiger partial charge in [0.25, 0.3) is 0 Å². The van der Waals surface area contributed by atoms with Gasteiger partial charge in [-0.05, 0) is 51.5 Å². The molecule has 7 heteroatoms. The molecule has 0 aliphatic heterocycles. The number of benzene rings is 1. The third-order valence-electron chi connectivity index (χ3n) is 4.12. The first-order chi connectivity index (χ1) is 13.1. The number of amides is 2. The zero-order valence-corrected chi connectivity index (χ0v) is 17.0. The minimum atomic E-state index is -0.116. The van der Waals surface area contributed by atoms with Crippen molar-refractivity contribution >= 4 is 28.3 Å². The molecular formula is C20H27N3O3S. The second-order valence-corrected chi connectivity index (χ2v) is 6.82. The van der Waals surface area contributed by atoms with Crippen LogP contribution >= 0.6 is 11.3 Å². The van der Waals surface area contributed by atoms with Crippen molar-refractivity contribution in [1.29, 1.82) is 0 Å². The average molecular weight is 390 g/mol. The summed E-state index contributed by atoms with van der Waals surface area (Å²) in [5.74, 6) is 0.805. The molecule has 2 aromatic rings. The lowest BCUT2D eigenvalue weighted by molar-refractivity contribution is -0.130. The largest absolute Gasteiger partial charge is 0.494 e. The predicted molar refractivity (Wildman–Crippen MR) is 109 cm³/mol. The minimum Gasteiger partial charge on any atom is -0.494 e. The van der Waals surface area contributed by atoms with E-state index >= 15 is 0 Å². The van der Waals surface area contributed by atoms with Gasteiger partial charge in [-0.15, -0.1) is 11.3 Å². The standard InChI is InChI=1S/C20H27N3O3S/c1-4-23(5-2)19(25)9-7-8-18(24)22-20-21-17(14-27-20)15-10-12-16(13-11-15)26-6-3/h10-14H,4-9H2,1-3H3,(H,21,22,24). The van der Waals surface area contributed by atoms with E-state index in [1.165, 1.54) is 11.3 Å². The molecule has 146 valence electrons. The Morgan fingerprint density at radius 3 is 2.44 bits per heavy atom. The maximum absolute atomic E-state index is 12.1. The van der Waals surface area contributed by atoms with Crippen molar-refractivity contribution in [3.63, 3.8) is 0 Å². The lowest BCUT2D eigenvalue weighted by Crippen LogP contribution is -2.30. The zero-order valence-electron chi connectivity index (χ0n) is 16.2. The highest BCUT2D eigenvalue weighted by Crippen LogP contribution is 2.26. The first kappa shape index (κ1) is 20.9. The molecule has 0 spiro atoms. The summed E-state index contributed by atoms with van der Waals surface area (Å²) in [6, 6.07) is 7.71. The number of hydrogen-bond donors (Lipinski definition) is 1. The lowest BCUT2D eigenvalue weighted by Gasteiger charge is -2.18.